The molecule has 29 heavy (non-hydrogen) atoms. The molecule has 0 aromatic heterocycles. The van der Waals surface area contributed by atoms with Crippen LogP contribution in [0.15, 0.2) is 48.5 Å². The maximum Gasteiger partial charge on any atom is 0.261 e. The minimum absolute atomic E-state index is 0.123. The van der Waals surface area contributed by atoms with Gasteiger partial charge in [-0.3, -0.25) is 4.79 Å². The first kappa shape index (κ1) is 21.2. The van der Waals surface area contributed by atoms with Gasteiger partial charge in [-0.1, -0.05) is 37.3 Å². The van der Waals surface area contributed by atoms with E-state index in [-0.39, 0.29) is 5.91 Å². The van der Waals surface area contributed by atoms with E-state index in [9.17, 15) is 4.79 Å². The smallest absolute Gasteiger partial charge is 0.261 e. The van der Waals surface area contributed by atoms with Crippen molar-refractivity contribution in [1.82, 2.24) is 10.2 Å². The standard InChI is InChI=1S/C24H32N2O3/c1-4-20-7-5-6-8-23(20)28-18(2)24(27)25-17-19-9-11-21(12-10-19)29-22-13-15-26(3)16-14-22/h5-12,18,22H,4,13-17H2,1-3H3,(H,25,27)/t18-/m0/s1. The van der Waals surface area contributed by atoms with Gasteiger partial charge in [-0.05, 0) is 62.6 Å². The van der Waals surface area contributed by atoms with Crippen molar-refractivity contribution in [2.24, 2.45) is 0 Å². The van der Waals surface area contributed by atoms with E-state index < -0.39 is 6.10 Å². The lowest BCUT2D eigenvalue weighted by atomic mass is 10.1. The number of nitrogens with zero attached hydrogens (tertiary/aromatic N) is 1. The first-order chi connectivity index (χ1) is 14.0. The first-order valence-electron chi connectivity index (χ1n) is 10.5. The van der Waals surface area contributed by atoms with Gasteiger partial charge in [0.2, 0.25) is 0 Å². The van der Waals surface area contributed by atoms with Crippen LogP contribution in [-0.2, 0) is 17.8 Å². The quantitative estimate of drug-likeness (QED) is 0.737. The molecular weight excluding hydrogens is 364 g/mol. The lowest BCUT2D eigenvalue weighted by Gasteiger charge is -2.29. The van der Waals surface area contributed by atoms with E-state index in [2.05, 4.69) is 24.2 Å². The van der Waals surface area contributed by atoms with Gasteiger partial charge >= 0.3 is 0 Å². The molecule has 3 rings (SSSR count). The number of likely N-dealkylation sites (tertiary alicyclic amines) is 1. The lowest BCUT2D eigenvalue weighted by Crippen LogP contribution is -2.36. The zero-order chi connectivity index (χ0) is 20.6. The van der Waals surface area contributed by atoms with Gasteiger partial charge in [0.1, 0.15) is 17.6 Å². The number of hydrogen-bond donors (Lipinski definition) is 1. The van der Waals surface area contributed by atoms with Gasteiger partial charge in [0.15, 0.2) is 6.10 Å². The van der Waals surface area contributed by atoms with Crippen molar-refractivity contribution >= 4 is 5.91 Å². The fourth-order valence-electron chi connectivity index (χ4n) is 3.47. The molecule has 1 fully saturated rings. The van der Waals surface area contributed by atoms with E-state index in [1.165, 1.54) is 0 Å². The van der Waals surface area contributed by atoms with Gasteiger partial charge in [-0.25, -0.2) is 0 Å². The molecule has 0 saturated carbocycles. The molecule has 0 radical (unpaired) electrons. The Kier molecular flexibility index (Phi) is 7.53. The Morgan fingerprint density at radius 1 is 1.14 bits per heavy atom. The highest BCUT2D eigenvalue weighted by Gasteiger charge is 2.18. The van der Waals surface area contributed by atoms with E-state index in [0.717, 1.165) is 55.0 Å². The Hall–Kier alpha value is -2.53. The van der Waals surface area contributed by atoms with Crippen LogP contribution in [0.3, 0.4) is 0 Å². The third-order valence-corrected chi connectivity index (χ3v) is 5.38. The minimum Gasteiger partial charge on any atom is -0.490 e. The fraction of sp³-hybridized carbons (Fsp3) is 0.458. The third-order valence-electron chi connectivity index (χ3n) is 5.38. The van der Waals surface area contributed by atoms with Crippen molar-refractivity contribution in [3.63, 3.8) is 0 Å². The van der Waals surface area contributed by atoms with E-state index in [1.807, 2.05) is 48.5 Å². The van der Waals surface area contributed by atoms with Crippen molar-refractivity contribution in [2.45, 2.75) is 51.9 Å². The number of carbonyl (C=O) groups excluding carboxylic acids is 1. The molecule has 1 aliphatic heterocycles. The molecule has 2 aromatic rings. The topological polar surface area (TPSA) is 50.8 Å². The summed E-state index contributed by atoms with van der Waals surface area (Å²) in [5.74, 6) is 1.54. The number of ether oxygens (including phenoxy) is 2. The maximum atomic E-state index is 12.4. The molecule has 0 spiro atoms. The molecule has 1 heterocycles. The van der Waals surface area contributed by atoms with Gasteiger partial charge in [0.25, 0.3) is 5.91 Å². The number of amides is 1. The Bertz CT molecular complexity index is 783. The number of carbonyl (C=O) groups is 1. The highest BCUT2D eigenvalue weighted by atomic mass is 16.5. The molecule has 0 aliphatic carbocycles. The molecule has 5 heteroatoms. The monoisotopic (exact) mass is 396 g/mol. The maximum absolute atomic E-state index is 12.4. The van der Waals surface area contributed by atoms with E-state index in [0.29, 0.717) is 12.6 Å². The van der Waals surface area contributed by atoms with Gasteiger partial charge in [0.05, 0.1) is 0 Å². The van der Waals surface area contributed by atoms with Crippen LogP contribution in [0, 0.1) is 0 Å². The summed E-state index contributed by atoms with van der Waals surface area (Å²) < 4.78 is 11.9. The molecule has 156 valence electrons. The lowest BCUT2D eigenvalue weighted by molar-refractivity contribution is -0.127. The van der Waals surface area contributed by atoms with Gasteiger partial charge < -0.3 is 19.7 Å². The second kappa shape index (κ2) is 10.3. The summed E-state index contributed by atoms with van der Waals surface area (Å²) in [5, 5.41) is 2.95. The van der Waals surface area contributed by atoms with Crippen molar-refractivity contribution in [2.75, 3.05) is 20.1 Å². The number of rotatable bonds is 8. The van der Waals surface area contributed by atoms with Crippen LogP contribution in [0.4, 0.5) is 0 Å². The summed E-state index contributed by atoms with van der Waals surface area (Å²) in [6, 6.07) is 15.8. The first-order valence-corrected chi connectivity index (χ1v) is 10.5. The van der Waals surface area contributed by atoms with E-state index in [1.54, 1.807) is 6.92 Å². The summed E-state index contributed by atoms with van der Waals surface area (Å²) in [7, 11) is 2.15. The zero-order valence-corrected chi connectivity index (χ0v) is 17.7. The average molecular weight is 397 g/mol. The van der Waals surface area contributed by atoms with E-state index in [4.69, 9.17) is 9.47 Å². The number of nitrogens with one attached hydrogen (secondary N) is 1. The van der Waals surface area contributed by atoms with E-state index >= 15 is 0 Å². The number of aryl methyl sites for hydroxylation is 1. The highest BCUT2D eigenvalue weighted by molar-refractivity contribution is 5.80. The zero-order valence-electron chi connectivity index (χ0n) is 17.7. The van der Waals surface area contributed by atoms with Crippen LogP contribution in [0.1, 0.15) is 37.8 Å². The molecule has 1 N–H and O–H groups in total. The van der Waals surface area contributed by atoms with Crippen LogP contribution in [0.25, 0.3) is 0 Å². The molecular formula is C24H32N2O3. The van der Waals surface area contributed by atoms with Crippen LogP contribution in [0.5, 0.6) is 11.5 Å². The largest absolute Gasteiger partial charge is 0.490 e. The molecule has 5 nitrogen and oxygen atoms in total. The minimum atomic E-state index is -0.547. The summed E-state index contributed by atoms with van der Waals surface area (Å²) >= 11 is 0. The predicted octanol–water partition coefficient (Wildman–Crippen LogP) is 3.81. The molecule has 2 aromatic carbocycles. The number of hydrogen-bond acceptors (Lipinski definition) is 4. The second-order valence-electron chi connectivity index (χ2n) is 7.70. The molecule has 0 bridgehead atoms. The normalized spacial score (nSPS) is 16.2. The SMILES string of the molecule is CCc1ccccc1O[C@@H](C)C(=O)NCc1ccc(OC2CCN(C)CC2)cc1. The molecule has 1 aliphatic rings. The van der Waals surface area contributed by atoms with Crippen LogP contribution < -0.4 is 14.8 Å². The van der Waals surface area contributed by atoms with Crippen LogP contribution in [-0.4, -0.2) is 43.2 Å². The van der Waals surface area contributed by atoms with Gasteiger partial charge in [0, 0.05) is 19.6 Å². The second-order valence-corrected chi connectivity index (χ2v) is 7.70. The number of piperidine rings is 1. The molecule has 1 saturated heterocycles. The number of para-hydroxylation sites is 1. The average Bonchev–Trinajstić information content (AvgIpc) is 2.75. The summed E-state index contributed by atoms with van der Waals surface area (Å²) in [5.41, 5.74) is 2.14. The van der Waals surface area contributed by atoms with Gasteiger partial charge in [-0.15, -0.1) is 0 Å². The molecule has 1 atom stereocenters. The Morgan fingerprint density at radius 3 is 2.52 bits per heavy atom. The van der Waals surface area contributed by atoms with Crippen LogP contribution in [0.2, 0.25) is 0 Å². The van der Waals surface area contributed by atoms with Crippen molar-refractivity contribution < 1.29 is 14.3 Å². The number of benzene rings is 2. The Morgan fingerprint density at radius 2 is 1.83 bits per heavy atom. The predicted molar refractivity (Wildman–Crippen MR) is 115 cm³/mol. The fourth-order valence-corrected chi connectivity index (χ4v) is 3.47. The van der Waals surface area contributed by atoms with Crippen LogP contribution >= 0.6 is 0 Å². The van der Waals surface area contributed by atoms with Crippen molar-refractivity contribution in [3.8, 4) is 11.5 Å². The summed E-state index contributed by atoms with van der Waals surface area (Å²) in [6.07, 6.45) is 2.74. The Balaban J connectivity index is 1.46. The van der Waals surface area contributed by atoms with Gasteiger partial charge in [-0.2, -0.15) is 0 Å². The summed E-state index contributed by atoms with van der Waals surface area (Å²) in [6.45, 7) is 6.49. The van der Waals surface area contributed by atoms with Crippen molar-refractivity contribution in [1.29, 1.82) is 0 Å². The van der Waals surface area contributed by atoms with Crippen molar-refractivity contribution in [3.05, 3.63) is 59.7 Å². The third kappa shape index (κ3) is 6.23. The molecule has 1 amide bonds. The highest BCUT2D eigenvalue weighted by Crippen LogP contribution is 2.21. The summed E-state index contributed by atoms with van der Waals surface area (Å²) in [4.78, 5) is 14.7. The Labute approximate surface area is 174 Å². The molecule has 0 unspecified atom stereocenters.